The maximum atomic E-state index is 13.3. The fourth-order valence-electron chi connectivity index (χ4n) is 3.96. The average molecular weight is 451 g/mol. The number of halogens is 1. The molecule has 0 N–H and O–H groups in total. The fourth-order valence-corrected chi connectivity index (χ4v) is 3.96. The van der Waals surface area contributed by atoms with E-state index in [2.05, 4.69) is 0 Å². The number of nitrogens with zero attached hydrogens (tertiary/aromatic N) is 1. The topological polar surface area (TPSA) is 57.2 Å². The molecule has 1 amide bonds. The smallest absolute Gasteiger partial charge is 0.261 e. The predicted octanol–water partition coefficient (Wildman–Crippen LogP) is 4.43. The van der Waals surface area contributed by atoms with E-state index in [0.717, 1.165) is 11.1 Å². The van der Waals surface area contributed by atoms with E-state index in [1.807, 2.05) is 42.5 Å². The number of methoxy groups -OCH3 is 2. The summed E-state index contributed by atoms with van der Waals surface area (Å²) in [7, 11) is 3.17. The molecule has 0 saturated heterocycles. The molecular weight excluding hydrogens is 425 g/mol. The molecule has 0 spiro atoms. The lowest BCUT2D eigenvalue weighted by atomic mass is 9.92. The molecule has 0 saturated carbocycles. The van der Waals surface area contributed by atoms with Gasteiger partial charge in [-0.25, -0.2) is 4.39 Å². The van der Waals surface area contributed by atoms with Crippen molar-refractivity contribution in [3.63, 3.8) is 0 Å². The van der Waals surface area contributed by atoms with Crippen molar-refractivity contribution in [1.82, 2.24) is 4.90 Å². The highest BCUT2D eigenvalue weighted by molar-refractivity contribution is 5.79. The lowest BCUT2D eigenvalue weighted by Crippen LogP contribution is -2.44. The molecule has 7 heteroatoms. The molecule has 3 aromatic carbocycles. The number of fused-ring (bicyclic) bond motifs is 1. The number of amides is 1. The average Bonchev–Trinajstić information content (AvgIpc) is 2.86. The van der Waals surface area contributed by atoms with Gasteiger partial charge in [0.05, 0.1) is 20.3 Å². The Hall–Kier alpha value is -3.74. The molecule has 0 unspecified atom stereocenters. The van der Waals surface area contributed by atoms with Crippen molar-refractivity contribution in [3.8, 4) is 23.0 Å². The molecule has 1 aliphatic rings. The normalized spacial score (nSPS) is 14.9. The summed E-state index contributed by atoms with van der Waals surface area (Å²) in [5.41, 5.74) is 1.99. The number of hydrogen-bond donors (Lipinski definition) is 0. The van der Waals surface area contributed by atoms with Crippen molar-refractivity contribution in [2.24, 2.45) is 0 Å². The van der Waals surface area contributed by atoms with Crippen LogP contribution in [0.5, 0.6) is 23.0 Å². The fraction of sp³-hybridized carbons (Fsp3) is 0.269. The van der Waals surface area contributed by atoms with Gasteiger partial charge in [-0.15, -0.1) is 0 Å². The molecule has 0 bridgehead atoms. The Morgan fingerprint density at radius 1 is 0.939 bits per heavy atom. The second-order valence-electron chi connectivity index (χ2n) is 7.63. The van der Waals surface area contributed by atoms with Gasteiger partial charge in [0.25, 0.3) is 5.91 Å². The van der Waals surface area contributed by atoms with E-state index in [1.165, 1.54) is 12.1 Å². The molecule has 33 heavy (non-hydrogen) atoms. The molecule has 0 aliphatic carbocycles. The number of para-hydroxylation sites is 1. The molecule has 0 fully saturated rings. The van der Waals surface area contributed by atoms with Crippen LogP contribution in [0.4, 0.5) is 4.39 Å². The lowest BCUT2D eigenvalue weighted by molar-refractivity contribution is -0.137. The third kappa shape index (κ3) is 5.19. The first-order chi connectivity index (χ1) is 16.1. The first kappa shape index (κ1) is 22.5. The standard InChI is InChI=1S/C26H26FNO5/c1-30-24-14-18-12-13-28(26(29)17-33-20-6-4-3-5-7-20)23(22(18)15-25(24)31-2)16-32-21-10-8-19(27)9-11-21/h3-11,14-15,23H,12-13,16-17H2,1-2H3/t23-/m1/s1. The maximum absolute atomic E-state index is 13.3. The molecule has 0 radical (unpaired) electrons. The zero-order chi connectivity index (χ0) is 23.2. The van der Waals surface area contributed by atoms with Crippen LogP contribution >= 0.6 is 0 Å². The zero-order valence-corrected chi connectivity index (χ0v) is 18.6. The van der Waals surface area contributed by atoms with Gasteiger partial charge < -0.3 is 23.8 Å². The summed E-state index contributed by atoms with van der Waals surface area (Å²) in [6.07, 6.45) is 0.666. The molecule has 4 rings (SSSR count). The Balaban J connectivity index is 1.59. The summed E-state index contributed by atoms with van der Waals surface area (Å²) in [5, 5.41) is 0. The van der Waals surface area contributed by atoms with Crippen molar-refractivity contribution in [2.45, 2.75) is 12.5 Å². The third-order valence-electron chi connectivity index (χ3n) is 5.65. The van der Waals surface area contributed by atoms with Crippen LogP contribution in [0.15, 0.2) is 66.7 Å². The second-order valence-corrected chi connectivity index (χ2v) is 7.63. The van der Waals surface area contributed by atoms with Crippen molar-refractivity contribution >= 4 is 5.91 Å². The minimum atomic E-state index is -0.370. The van der Waals surface area contributed by atoms with Gasteiger partial charge in [0.15, 0.2) is 18.1 Å². The van der Waals surface area contributed by atoms with Crippen molar-refractivity contribution in [3.05, 3.63) is 83.7 Å². The van der Waals surface area contributed by atoms with E-state index < -0.39 is 0 Å². The molecule has 6 nitrogen and oxygen atoms in total. The molecule has 0 aromatic heterocycles. The minimum absolute atomic E-state index is 0.0836. The summed E-state index contributed by atoms with van der Waals surface area (Å²) in [6.45, 7) is 0.627. The van der Waals surface area contributed by atoms with Crippen molar-refractivity contribution in [1.29, 1.82) is 0 Å². The van der Waals surface area contributed by atoms with E-state index in [1.54, 1.807) is 31.3 Å². The number of carbonyl (C=O) groups is 1. The van der Waals surface area contributed by atoms with E-state index in [9.17, 15) is 9.18 Å². The summed E-state index contributed by atoms with van der Waals surface area (Å²) in [5.74, 6) is 1.90. The Morgan fingerprint density at radius 2 is 1.61 bits per heavy atom. The predicted molar refractivity (Wildman–Crippen MR) is 122 cm³/mol. The Kier molecular flexibility index (Phi) is 6.98. The zero-order valence-electron chi connectivity index (χ0n) is 18.6. The van der Waals surface area contributed by atoms with Crippen LogP contribution in [0, 0.1) is 5.82 Å². The first-order valence-corrected chi connectivity index (χ1v) is 10.7. The number of ether oxygens (including phenoxy) is 4. The van der Waals surface area contributed by atoms with Gasteiger partial charge in [-0.2, -0.15) is 0 Å². The molecule has 1 aliphatic heterocycles. The van der Waals surface area contributed by atoms with Crippen LogP contribution < -0.4 is 18.9 Å². The van der Waals surface area contributed by atoms with E-state index in [4.69, 9.17) is 18.9 Å². The van der Waals surface area contributed by atoms with Gasteiger partial charge in [0, 0.05) is 6.54 Å². The number of rotatable bonds is 8. The minimum Gasteiger partial charge on any atom is -0.493 e. The first-order valence-electron chi connectivity index (χ1n) is 10.7. The highest BCUT2D eigenvalue weighted by Gasteiger charge is 2.33. The van der Waals surface area contributed by atoms with Crippen LogP contribution in [0.3, 0.4) is 0 Å². The van der Waals surface area contributed by atoms with Crippen LogP contribution in [0.2, 0.25) is 0 Å². The highest BCUT2D eigenvalue weighted by Crippen LogP contribution is 2.38. The van der Waals surface area contributed by atoms with Gasteiger partial charge in [-0.3, -0.25) is 4.79 Å². The molecule has 1 heterocycles. The molecule has 172 valence electrons. The van der Waals surface area contributed by atoms with Crippen molar-refractivity contribution < 1.29 is 28.1 Å². The van der Waals surface area contributed by atoms with E-state index in [-0.39, 0.29) is 31.0 Å². The lowest BCUT2D eigenvalue weighted by Gasteiger charge is -2.37. The SMILES string of the molecule is COc1cc2c(cc1OC)[C@@H](COc1ccc(F)cc1)N(C(=O)COc1ccccc1)CC2. The summed E-state index contributed by atoms with van der Waals surface area (Å²) >= 11 is 0. The van der Waals surface area contributed by atoms with Gasteiger partial charge in [-0.1, -0.05) is 18.2 Å². The van der Waals surface area contributed by atoms with E-state index >= 15 is 0 Å². The van der Waals surface area contributed by atoms with Crippen molar-refractivity contribution in [2.75, 3.05) is 34.0 Å². The van der Waals surface area contributed by atoms with Gasteiger partial charge in [-0.05, 0) is 66.1 Å². The number of carbonyl (C=O) groups excluding carboxylic acids is 1. The van der Waals surface area contributed by atoms with Gasteiger partial charge >= 0.3 is 0 Å². The quantitative estimate of drug-likeness (QED) is 0.507. The summed E-state index contributed by atoms with van der Waals surface area (Å²) in [6, 6.07) is 18.5. The largest absolute Gasteiger partial charge is 0.493 e. The monoisotopic (exact) mass is 451 g/mol. The van der Waals surface area contributed by atoms with Crippen LogP contribution in [-0.4, -0.2) is 44.8 Å². The van der Waals surface area contributed by atoms with Crippen LogP contribution in [0.1, 0.15) is 17.2 Å². The summed E-state index contributed by atoms with van der Waals surface area (Å²) in [4.78, 5) is 14.9. The Labute approximate surface area is 192 Å². The molecule has 1 atom stereocenters. The maximum Gasteiger partial charge on any atom is 0.261 e. The second kappa shape index (κ2) is 10.3. The Morgan fingerprint density at radius 3 is 2.30 bits per heavy atom. The molecular formula is C26H26FNO5. The van der Waals surface area contributed by atoms with Gasteiger partial charge in [0.1, 0.15) is 23.9 Å². The number of benzene rings is 3. The summed E-state index contributed by atoms with van der Waals surface area (Å²) < 4.78 is 35.9. The third-order valence-corrected chi connectivity index (χ3v) is 5.65. The van der Waals surface area contributed by atoms with Crippen LogP contribution in [0.25, 0.3) is 0 Å². The van der Waals surface area contributed by atoms with E-state index in [0.29, 0.717) is 36.0 Å². The highest BCUT2D eigenvalue weighted by atomic mass is 19.1. The Bertz CT molecular complexity index is 1090. The molecule has 3 aromatic rings. The van der Waals surface area contributed by atoms with Gasteiger partial charge in [0.2, 0.25) is 0 Å². The van der Waals surface area contributed by atoms with Crippen LogP contribution in [-0.2, 0) is 11.2 Å². The number of hydrogen-bond acceptors (Lipinski definition) is 5.